The highest BCUT2D eigenvalue weighted by Crippen LogP contribution is 2.40. The van der Waals surface area contributed by atoms with Crippen LogP contribution < -0.4 is 0 Å². The summed E-state index contributed by atoms with van der Waals surface area (Å²) in [7, 11) is 0. The SMILES string of the molecule is CCCC1=CCCc2c1ccc1c2CCc2ccccc2-1. The van der Waals surface area contributed by atoms with Gasteiger partial charge in [0, 0.05) is 0 Å². The monoisotopic (exact) mass is 274 g/mol. The molecule has 0 nitrogen and oxygen atoms in total. The van der Waals surface area contributed by atoms with Gasteiger partial charge in [-0.25, -0.2) is 0 Å². The third kappa shape index (κ3) is 2.05. The van der Waals surface area contributed by atoms with E-state index in [9.17, 15) is 0 Å². The number of fused-ring (bicyclic) bond motifs is 5. The van der Waals surface area contributed by atoms with Crippen LogP contribution in [0.2, 0.25) is 0 Å². The first-order chi connectivity index (χ1) is 10.4. The van der Waals surface area contributed by atoms with Crippen LogP contribution in [0.25, 0.3) is 16.7 Å². The third-order valence-corrected chi connectivity index (χ3v) is 5.03. The van der Waals surface area contributed by atoms with Crippen LogP contribution in [0.3, 0.4) is 0 Å². The summed E-state index contributed by atoms with van der Waals surface area (Å²) in [6.07, 6.45) is 9.80. The fourth-order valence-electron chi connectivity index (χ4n) is 4.08. The maximum Gasteiger partial charge on any atom is -0.0146 e. The van der Waals surface area contributed by atoms with Crippen molar-refractivity contribution < 1.29 is 0 Å². The van der Waals surface area contributed by atoms with E-state index >= 15 is 0 Å². The van der Waals surface area contributed by atoms with E-state index in [0.29, 0.717) is 0 Å². The van der Waals surface area contributed by atoms with E-state index < -0.39 is 0 Å². The molecule has 4 rings (SSSR count). The van der Waals surface area contributed by atoms with Gasteiger partial charge in [-0.1, -0.05) is 55.8 Å². The second kappa shape index (κ2) is 5.18. The highest BCUT2D eigenvalue weighted by molar-refractivity contribution is 5.80. The van der Waals surface area contributed by atoms with E-state index in [4.69, 9.17) is 0 Å². The van der Waals surface area contributed by atoms with Crippen LogP contribution >= 0.6 is 0 Å². The van der Waals surface area contributed by atoms with Gasteiger partial charge < -0.3 is 0 Å². The molecule has 2 aromatic rings. The number of aryl methyl sites for hydroxylation is 1. The highest BCUT2D eigenvalue weighted by Gasteiger charge is 2.22. The summed E-state index contributed by atoms with van der Waals surface area (Å²) < 4.78 is 0. The fourth-order valence-corrected chi connectivity index (χ4v) is 4.08. The summed E-state index contributed by atoms with van der Waals surface area (Å²) in [4.78, 5) is 0. The molecule has 0 atom stereocenters. The van der Waals surface area contributed by atoms with Crippen molar-refractivity contribution in [1.82, 2.24) is 0 Å². The maximum absolute atomic E-state index is 2.47. The van der Waals surface area contributed by atoms with E-state index in [1.54, 1.807) is 22.3 Å². The second-order valence-electron chi connectivity index (χ2n) is 6.29. The minimum Gasteiger partial charge on any atom is -0.0804 e. The van der Waals surface area contributed by atoms with Crippen molar-refractivity contribution in [2.24, 2.45) is 0 Å². The number of benzene rings is 2. The lowest BCUT2D eigenvalue weighted by molar-refractivity contribution is 0.870. The standard InChI is InChI=1S/C21H22/c1-2-6-15-8-5-10-19-18(15)13-14-20-17-9-4-3-7-16(17)11-12-21(19)20/h3-4,7-9,13-14H,2,5-6,10-12H2,1H3. The van der Waals surface area contributed by atoms with Crippen molar-refractivity contribution in [2.45, 2.75) is 45.4 Å². The largest absolute Gasteiger partial charge is 0.0804 e. The lowest BCUT2D eigenvalue weighted by Crippen LogP contribution is -2.11. The molecule has 0 radical (unpaired) electrons. The van der Waals surface area contributed by atoms with Crippen molar-refractivity contribution in [2.75, 3.05) is 0 Å². The zero-order chi connectivity index (χ0) is 14.2. The van der Waals surface area contributed by atoms with Gasteiger partial charge in [-0.3, -0.25) is 0 Å². The van der Waals surface area contributed by atoms with E-state index in [-0.39, 0.29) is 0 Å². The zero-order valence-corrected chi connectivity index (χ0v) is 12.8. The maximum atomic E-state index is 2.47. The second-order valence-corrected chi connectivity index (χ2v) is 6.29. The summed E-state index contributed by atoms with van der Waals surface area (Å²) in [5, 5.41) is 0. The van der Waals surface area contributed by atoms with Gasteiger partial charge in [0.25, 0.3) is 0 Å². The van der Waals surface area contributed by atoms with Gasteiger partial charge in [0.2, 0.25) is 0 Å². The summed E-state index contributed by atoms with van der Waals surface area (Å²) in [5.74, 6) is 0. The summed E-state index contributed by atoms with van der Waals surface area (Å²) in [6.45, 7) is 2.28. The highest BCUT2D eigenvalue weighted by atomic mass is 14.3. The topological polar surface area (TPSA) is 0 Å². The van der Waals surface area contributed by atoms with Crippen LogP contribution in [-0.4, -0.2) is 0 Å². The zero-order valence-electron chi connectivity index (χ0n) is 12.8. The first-order valence-corrected chi connectivity index (χ1v) is 8.31. The van der Waals surface area contributed by atoms with Crippen molar-refractivity contribution in [3.63, 3.8) is 0 Å². The van der Waals surface area contributed by atoms with Gasteiger partial charge in [0.15, 0.2) is 0 Å². The Labute approximate surface area is 127 Å². The van der Waals surface area contributed by atoms with Gasteiger partial charge in [-0.15, -0.1) is 0 Å². The Balaban J connectivity index is 1.88. The molecule has 0 unspecified atom stereocenters. The number of hydrogen-bond donors (Lipinski definition) is 0. The number of allylic oxidation sites excluding steroid dienone is 2. The Kier molecular flexibility index (Phi) is 3.18. The minimum absolute atomic E-state index is 1.20. The Bertz CT molecular complexity index is 719. The van der Waals surface area contributed by atoms with E-state index in [1.165, 1.54) is 55.2 Å². The van der Waals surface area contributed by atoms with Crippen molar-refractivity contribution >= 4 is 5.57 Å². The van der Waals surface area contributed by atoms with Gasteiger partial charge in [-0.05, 0) is 71.1 Å². The molecule has 0 saturated carbocycles. The predicted octanol–water partition coefficient (Wildman–Crippen LogP) is 5.58. The molecule has 0 heteroatoms. The minimum atomic E-state index is 1.20. The molecule has 2 aliphatic carbocycles. The molecule has 0 amide bonds. The molecule has 21 heavy (non-hydrogen) atoms. The van der Waals surface area contributed by atoms with Gasteiger partial charge in [0.1, 0.15) is 0 Å². The van der Waals surface area contributed by atoms with Crippen LogP contribution in [0.1, 0.15) is 48.4 Å². The first-order valence-electron chi connectivity index (χ1n) is 8.31. The van der Waals surface area contributed by atoms with Crippen molar-refractivity contribution in [3.05, 3.63) is 64.7 Å². The average molecular weight is 274 g/mol. The Morgan fingerprint density at radius 1 is 0.810 bits per heavy atom. The number of hydrogen-bond acceptors (Lipinski definition) is 0. The summed E-state index contributed by atoms with van der Waals surface area (Å²) in [6, 6.07) is 13.7. The molecule has 106 valence electrons. The predicted molar refractivity (Wildman–Crippen MR) is 90.5 cm³/mol. The van der Waals surface area contributed by atoms with Crippen LogP contribution in [-0.2, 0) is 19.3 Å². The number of rotatable bonds is 2. The quantitative estimate of drug-likeness (QED) is 0.670. The van der Waals surface area contributed by atoms with E-state index in [0.717, 1.165) is 0 Å². The lowest BCUT2D eigenvalue weighted by atomic mass is 9.77. The van der Waals surface area contributed by atoms with E-state index in [2.05, 4.69) is 49.4 Å². The van der Waals surface area contributed by atoms with Gasteiger partial charge in [-0.2, -0.15) is 0 Å². The molecule has 0 N–H and O–H groups in total. The molecule has 0 fully saturated rings. The third-order valence-electron chi connectivity index (χ3n) is 5.03. The van der Waals surface area contributed by atoms with Crippen LogP contribution in [0.15, 0.2) is 42.5 Å². The molecular formula is C21H22. The summed E-state index contributed by atoms with van der Waals surface area (Å²) in [5.41, 5.74) is 10.9. The molecule has 0 bridgehead atoms. The average Bonchev–Trinajstić information content (AvgIpc) is 2.55. The van der Waals surface area contributed by atoms with Crippen LogP contribution in [0.5, 0.6) is 0 Å². The molecule has 0 saturated heterocycles. The lowest BCUT2D eigenvalue weighted by Gasteiger charge is -2.27. The molecular weight excluding hydrogens is 252 g/mol. The van der Waals surface area contributed by atoms with Crippen LogP contribution in [0, 0.1) is 0 Å². The first kappa shape index (κ1) is 12.9. The van der Waals surface area contributed by atoms with Gasteiger partial charge >= 0.3 is 0 Å². The Morgan fingerprint density at radius 2 is 1.62 bits per heavy atom. The molecule has 2 aliphatic rings. The van der Waals surface area contributed by atoms with Crippen molar-refractivity contribution in [1.29, 1.82) is 0 Å². The Hall–Kier alpha value is -1.82. The summed E-state index contributed by atoms with van der Waals surface area (Å²) >= 11 is 0. The molecule has 2 aromatic carbocycles. The van der Waals surface area contributed by atoms with E-state index in [1.807, 2.05) is 0 Å². The van der Waals surface area contributed by atoms with Crippen LogP contribution in [0.4, 0.5) is 0 Å². The molecule has 0 spiro atoms. The fraction of sp³-hybridized carbons (Fsp3) is 0.333. The van der Waals surface area contributed by atoms with Crippen molar-refractivity contribution in [3.8, 4) is 11.1 Å². The molecule has 0 heterocycles. The Morgan fingerprint density at radius 3 is 2.52 bits per heavy atom. The normalized spacial score (nSPS) is 15.8. The van der Waals surface area contributed by atoms with Gasteiger partial charge in [0.05, 0.1) is 0 Å². The smallest absolute Gasteiger partial charge is 0.0146 e. The molecule has 0 aliphatic heterocycles. The molecule has 0 aromatic heterocycles.